The molecule has 0 aromatic heterocycles. The number of benzene rings is 1. The molecule has 0 saturated heterocycles. The Morgan fingerprint density at radius 3 is 2.21 bits per heavy atom. The molecule has 0 atom stereocenters. The van der Waals surface area contributed by atoms with E-state index in [2.05, 4.69) is 0 Å². The van der Waals surface area contributed by atoms with Crippen molar-refractivity contribution in [1.82, 2.24) is 0 Å². The number of Topliss-reactive ketones (excluding diaryl/α,β-unsaturated/α-hetero) is 1. The molecule has 3 nitrogen and oxygen atoms in total. The fourth-order valence-electron chi connectivity index (χ4n) is 1.07. The number of hydrogen-bond donors (Lipinski definition) is 1. The number of carboxylic acid groups (broad SMARTS) is 1. The highest BCUT2D eigenvalue weighted by Gasteiger charge is 2.19. The van der Waals surface area contributed by atoms with Crippen molar-refractivity contribution in [2.45, 2.75) is 13.8 Å². The second-order valence-corrected chi connectivity index (χ2v) is 3.05. The molecule has 14 heavy (non-hydrogen) atoms. The van der Waals surface area contributed by atoms with Crippen LogP contribution in [0.5, 0.6) is 0 Å². The lowest BCUT2D eigenvalue weighted by Gasteiger charge is -2.03. The first kappa shape index (κ1) is 10.4. The smallest absolute Gasteiger partial charge is 0.377 e. The van der Waals surface area contributed by atoms with Gasteiger partial charge < -0.3 is 5.11 Å². The van der Waals surface area contributed by atoms with Gasteiger partial charge >= 0.3 is 5.97 Å². The molecule has 0 unspecified atom stereocenters. The third kappa shape index (κ3) is 1.79. The van der Waals surface area contributed by atoms with E-state index in [0.29, 0.717) is 11.1 Å². The summed E-state index contributed by atoms with van der Waals surface area (Å²) in [5.74, 6) is -3.65. The maximum Gasteiger partial charge on any atom is 0.377 e. The van der Waals surface area contributed by atoms with Crippen molar-refractivity contribution in [2.75, 3.05) is 0 Å². The number of halogens is 1. The average molecular weight is 196 g/mol. The van der Waals surface area contributed by atoms with Gasteiger partial charge in [0.05, 0.1) is 5.56 Å². The number of carboxylic acids is 1. The van der Waals surface area contributed by atoms with Crippen LogP contribution >= 0.6 is 0 Å². The summed E-state index contributed by atoms with van der Waals surface area (Å²) in [6, 6.07) is 2.41. The Balaban J connectivity index is 3.29. The first-order valence-corrected chi connectivity index (χ1v) is 3.98. The van der Waals surface area contributed by atoms with Crippen molar-refractivity contribution in [1.29, 1.82) is 0 Å². The topological polar surface area (TPSA) is 54.4 Å². The lowest BCUT2D eigenvalue weighted by Crippen LogP contribution is -2.14. The van der Waals surface area contributed by atoms with Gasteiger partial charge in [0, 0.05) is 0 Å². The number of hydrogen-bond acceptors (Lipinski definition) is 2. The average Bonchev–Trinajstić information content (AvgIpc) is 2.10. The van der Waals surface area contributed by atoms with Gasteiger partial charge in [0.15, 0.2) is 0 Å². The number of carbonyl (C=O) groups excluding carboxylic acids is 1. The van der Waals surface area contributed by atoms with Crippen LogP contribution in [0.4, 0.5) is 4.39 Å². The summed E-state index contributed by atoms with van der Waals surface area (Å²) in [5.41, 5.74) is 0.987. The largest absolute Gasteiger partial charge is 0.475 e. The third-order valence-corrected chi connectivity index (χ3v) is 2.02. The van der Waals surface area contributed by atoms with E-state index < -0.39 is 17.6 Å². The summed E-state index contributed by atoms with van der Waals surface area (Å²) < 4.78 is 13.2. The number of carbonyl (C=O) groups is 2. The summed E-state index contributed by atoms with van der Waals surface area (Å²) in [7, 11) is 0. The number of aryl methyl sites for hydroxylation is 2. The van der Waals surface area contributed by atoms with Gasteiger partial charge in [-0.2, -0.15) is 0 Å². The normalized spacial score (nSPS) is 9.93. The van der Waals surface area contributed by atoms with Crippen LogP contribution in [0.3, 0.4) is 0 Å². The molecule has 1 aromatic carbocycles. The molecule has 0 amide bonds. The van der Waals surface area contributed by atoms with Gasteiger partial charge in [-0.25, -0.2) is 9.18 Å². The summed E-state index contributed by atoms with van der Waals surface area (Å²) in [5, 5.41) is 8.40. The fourth-order valence-corrected chi connectivity index (χ4v) is 1.07. The van der Waals surface area contributed by atoms with Crippen LogP contribution in [0.25, 0.3) is 0 Å². The standard InChI is InChI=1S/C10H9FO3/c1-5-3-7(9(12)10(13)14)8(11)4-6(5)2/h3-4H,1-2H3,(H,13,14). The van der Waals surface area contributed by atoms with E-state index >= 15 is 0 Å². The zero-order valence-electron chi connectivity index (χ0n) is 7.80. The molecule has 0 spiro atoms. The van der Waals surface area contributed by atoms with Crippen LogP contribution in [0.15, 0.2) is 12.1 Å². The highest BCUT2D eigenvalue weighted by molar-refractivity contribution is 6.39. The number of aliphatic carboxylic acids is 1. The van der Waals surface area contributed by atoms with Crippen LogP contribution in [0.1, 0.15) is 21.5 Å². The van der Waals surface area contributed by atoms with Gasteiger partial charge in [0.2, 0.25) is 0 Å². The van der Waals surface area contributed by atoms with Crippen molar-refractivity contribution in [3.63, 3.8) is 0 Å². The first-order valence-electron chi connectivity index (χ1n) is 3.98. The van der Waals surface area contributed by atoms with Gasteiger partial charge in [-0.3, -0.25) is 4.79 Å². The van der Waals surface area contributed by atoms with Crippen LogP contribution in [0, 0.1) is 19.7 Å². The van der Waals surface area contributed by atoms with E-state index in [1.54, 1.807) is 13.8 Å². The van der Waals surface area contributed by atoms with Crippen molar-refractivity contribution < 1.29 is 19.1 Å². The monoisotopic (exact) mass is 196 g/mol. The molecule has 74 valence electrons. The van der Waals surface area contributed by atoms with Crippen LogP contribution in [-0.4, -0.2) is 16.9 Å². The molecule has 1 rings (SSSR count). The summed E-state index contributed by atoms with van der Waals surface area (Å²) in [4.78, 5) is 21.3. The molecular weight excluding hydrogens is 187 g/mol. The third-order valence-electron chi connectivity index (χ3n) is 2.02. The zero-order chi connectivity index (χ0) is 10.9. The minimum atomic E-state index is -1.65. The van der Waals surface area contributed by atoms with Crippen molar-refractivity contribution in [3.8, 4) is 0 Å². The van der Waals surface area contributed by atoms with E-state index in [-0.39, 0.29) is 5.56 Å². The minimum absolute atomic E-state index is 0.388. The lowest BCUT2D eigenvalue weighted by molar-refractivity contribution is -0.131. The number of rotatable bonds is 2. The molecule has 1 aromatic rings. The zero-order valence-corrected chi connectivity index (χ0v) is 7.80. The molecule has 0 aliphatic carbocycles. The quantitative estimate of drug-likeness (QED) is 0.578. The molecule has 0 fully saturated rings. The van der Waals surface area contributed by atoms with Crippen molar-refractivity contribution >= 4 is 11.8 Å². The van der Waals surface area contributed by atoms with E-state index in [9.17, 15) is 14.0 Å². The second-order valence-electron chi connectivity index (χ2n) is 3.05. The molecule has 0 heterocycles. The van der Waals surface area contributed by atoms with Gasteiger partial charge in [-0.05, 0) is 37.1 Å². The van der Waals surface area contributed by atoms with Gasteiger partial charge in [0.25, 0.3) is 5.78 Å². The molecule has 0 saturated carbocycles. The van der Waals surface area contributed by atoms with Gasteiger partial charge in [-0.1, -0.05) is 0 Å². The van der Waals surface area contributed by atoms with Gasteiger partial charge in [-0.15, -0.1) is 0 Å². The molecular formula is C10H9FO3. The Bertz CT molecular complexity index is 410. The molecule has 0 radical (unpaired) electrons. The summed E-state index contributed by atoms with van der Waals surface area (Å²) in [6.45, 7) is 3.38. The highest BCUT2D eigenvalue weighted by atomic mass is 19.1. The maximum atomic E-state index is 13.2. The predicted octanol–water partition coefficient (Wildman–Crippen LogP) is 1.71. The highest BCUT2D eigenvalue weighted by Crippen LogP contribution is 2.15. The Hall–Kier alpha value is -1.71. The number of ketones is 1. The minimum Gasteiger partial charge on any atom is -0.475 e. The van der Waals surface area contributed by atoms with E-state index in [4.69, 9.17) is 5.11 Å². The SMILES string of the molecule is Cc1cc(F)c(C(=O)C(=O)O)cc1C. The fraction of sp³-hybridized carbons (Fsp3) is 0.200. The Labute approximate surface area is 80.2 Å². The van der Waals surface area contributed by atoms with E-state index in [0.717, 1.165) is 6.07 Å². The van der Waals surface area contributed by atoms with Crippen LogP contribution in [0.2, 0.25) is 0 Å². The molecule has 0 aliphatic heterocycles. The summed E-state index contributed by atoms with van der Waals surface area (Å²) in [6.07, 6.45) is 0. The molecule has 4 heteroatoms. The Morgan fingerprint density at radius 1 is 1.21 bits per heavy atom. The molecule has 0 bridgehead atoms. The summed E-state index contributed by atoms with van der Waals surface area (Å²) >= 11 is 0. The van der Waals surface area contributed by atoms with Crippen molar-refractivity contribution in [2.24, 2.45) is 0 Å². The van der Waals surface area contributed by atoms with E-state index in [1.165, 1.54) is 6.07 Å². The maximum absolute atomic E-state index is 13.2. The Kier molecular flexibility index (Phi) is 2.65. The molecule has 0 aliphatic rings. The Morgan fingerprint density at radius 2 is 1.71 bits per heavy atom. The van der Waals surface area contributed by atoms with Gasteiger partial charge in [0.1, 0.15) is 5.82 Å². The lowest BCUT2D eigenvalue weighted by atomic mass is 10.0. The van der Waals surface area contributed by atoms with Crippen LogP contribution < -0.4 is 0 Å². The molecule has 1 N–H and O–H groups in total. The van der Waals surface area contributed by atoms with Crippen LogP contribution in [-0.2, 0) is 4.79 Å². The first-order chi connectivity index (χ1) is 6.43. The second kappa shape index (κ2) is 3.57. The predicted molar refractivity (Wildman–Crippen MR) is 47.8 cm³/mol. The van der Waals surface area contributed by atoms with E-state index in [1.807, 2.05) is 0 Å². The van der Waals surface area contributed by atoms with Crippen molar-refractivity contribution in [3.05, 3.63) is 34.6 Å².